The van der Waals surface area contributed by atoms with Crippen LogP contribution >= 0.6 is 0 Å². The van der Waals surface area contributed by atoms with Crippen molar-refractivity contribution in [2.75, 3.05) is 26.6 Å². The number of nitrogens with one attached hydrogen (secondary N) is 1. The summed E-state index contributed by atoms with van der Waals surface area (Å²) in [6.07, 6.45) is 0. The van der Waals surface area contributed by atoms with Crippen molar-refractivity contribution in [3.05, 3.63) is 53.6 Å². The highest BCUT2D eigenvalue weighted by Crippen LogP contribution is 2.32. The molecule has 0 unspecified atom stereocenters. The van der Waals surface area contributed by atoms with Gasteiger partial charge in [-0.3, -0.25) is 10.1 Å². The number of carbonyl (C=O) groups is 2. The average Bonchev–Trinajstić information content (AvgIpc) is 3.21. The van der Waals surface area contributed by atoms with Gasteiger partial charge in [0.15, 0.2) is 11.5 Å². The van der Waals surface area contributed by atoms with Gasteiger partial charge in [-0.05, 0) is 42.5 Å². The molecule has 0 saturated carbocycles. The van der Waals surface area contributed by atoms with Gasteiger partial charge < -0.3 is 18.6 Å². The molecule has 1 heterocycles. The maximum absolute atomic E-state index is 12.3. The Balaban J connectivity index is 1.74. The van der Waals surface area contributed by atoms with Crippen LogP contribution in [-0.2, 0) is 4.74 Å². The molecule has 0 atom stereocenters. The van der Waals surface area contributed by atoms with E-state index < -0.39 is 11.9 Å². The van der Waals surface area contributed by atoms with Gasteiger partial charge >= 0.3 is 12.0 Å². The van der Waals surface area contributed by atoms with E-state index in [-0.39, 0.29) is 11.9 Å². The molecule has 28 heavy (non-hydrogen) atoms. The fraction of sp³-hybridized carbons (Fsp3) is 0.158. The lowest BCUT2D eigenvalue weighted by Crippen LogP contribution is -2.12. The molecule has 9 heteroatoms. The van der Waals surface area contributed by atoms with Crippen molar-refractivity contribution in [2.24, 2.45) is 0 Å². The molecule has 144 valence electrons. The summed E-state index contributed by atoms with van der Waals surface area (Å²) in [6.45, 7) is 0. The normalized spacial score (nSPS) is 10.2. The van der Waals surface area contributed by atoms with Crippen molar-refractivity contribution in [3.63, 3.8) is 0 Å². The summed E-state index contributed by atoms with van der Waals surface area (Å²) in [5.74, 6) is 0.337. The Morgan fingerprint density at radius 2 is 1.57 bits per heavy atom. The van der Waals surface area contributed by atoms with Crippen LogP contribution in [0.4, 0.5) is 6.01 Å². The molecule has 1 amide bonds. The molecule has 2 aromatic carbocycles. The molecule has 0 aliphatic heterocycles. The minimum absolute atomic E-state index is 0.0631. The maximum Gasteiger partial charge on any atom is 0.337 e. The third-order valence-corrected chi connectivity index (χ3v) is 3.84. The number of anilines is 1. The third kappa shape index (κ3) is 3.93. The molecule has 9 nitrogen and oxygen atoms in total. The molecule has 3 aromatic rings. The predicted molar refractivity (Wildman–Crippen MR) is 98.6 cm³/mol. The standard InChI is InChI=1S/C19H17N3O6/c1-25-14-9-8-13(10-15(14)26-2)17-21-22-19(28-17)20-16(23)11-4-6-12(7-5-11)18(24)27-3/h4-10H,1-3H3,(H,20,22,23). The first-order chi connectivity index (χ1) is 13.5. The number of rotatable bonds is 6. The number of methoxy groups -OCH3 is 3. The van der Waals surface area contributed by atoms with Crippen molar-refractivity contribution in [1.29, 1.82) is 0 Å². The minimum atomic E-state index is -0.483. The van der Waals surface area contributed by atoms with Crippen LogP contribution in [0.2, 0.25) is 0 Å². The van der Waals surface area contributed by atoms with Gasteiger partial charge in [0.25, 0.3) is 5.91 Å². The highest BCUT2D eigenvalue weighted by molar-refractivity contribution is 6.03. The van der Waals surface area contributed by atoms with Gasteiger partial charge in [-0.25, -0.2) is 4.79 Å². The molecule has 0 bridgehead atoms. The molecule has 0 fully saturated rings. The second-order valence-corrected chi connectivity index (χ2v) is 5.51. The highest BCUT2D eigenvalue weighted by Gasteiger charge is 2.15. The summed E-state index contributed by atoms with van der Waals surface area (Å²) in [6, 6.07) is 11.0. The molecular weight excluding hydrogens is 366 g/mol. The Hall–Kier alpha value is -3.88. The smallest absolute Gasteiger partial charge is 0.337 e. The lowest BCUT2D eigenvalue weighted by molar-refractivity contribution is 0.0600. The maximum atomic E-state index is 12.3. The number of ether oxygens (including phenoxy) is 3. The lowest BCUT2D eigenvalue weighted by Gasteiger charge is -2.07. The summed E-state index contributed by atoms with van der Waals surface area (Å²) < 4.78 is 20.5. The average molecular weight is 383 g/mol. The zero-order valence-corrected chi connectivity index (χ0v) is 15.4. The number of amides is 1. The van der Waals surface area contributed by atoms with E-state index in [2.05, 4.69) is 20.3 Å². The van der Waals surface area contributed by atoms with E-state index in [1.54, 1.807) is 18.2 Å². The molecule has 3 rings (SSSR count). The number of esters is 1. The van der Waals surface area contributed by atoms with E-state index in [0.29, 0.717) is 28.2 Å². The van der Waals surface area contributed by atoms with E-state index in [1.165, 1.54) is 45.6 Å². The summed E-state index contributed by atoms with van der Waals surface area (Å²) >= 11 is 0. The van der Waals surface area contributed by atoms with Gasteiger partial charge in [-0.15, -0.1) is 5.10 Å². The Morgan fingerprint density at radius 3 is 2.21 bits per heavy atom. The number of hydrogen-bond donors (Lipinski definition) is 1. The molecular formula is C19H17N3O6. The fourth-order valence-electron chi connectivity index (χ4n) is 2.40. The fourth-order valence-corrected chi connectivity index (χ4v) is 2.40. The Labute approximate surface area is 160 Å². The molecule has 1 N–H and O–H groups in total. The van der Waals surface area contributed by atoms with E-state index in [0.717, 1.165) is 0 Å². The number of nitrogens with zero attached hydrogens (tertiary/aromatic N) is 2. The molecule has 0 aliphatic carbocycles. The van der Waals surface area contributed by atoms with Crippen molar-refractivity contribution < 1.29 is 28.2 Å². The van der Waals surface area contributed by atoms with Crippen LogP contribution < -0.4 is 14.8 Å². The van der Waals surface area contributed by atoms with Crippen molar-refractivity contribution in [2.45, 2.75) is 0 Å². The lowest BCUT2D eigenvalue weighted by atomic mass is 10.1. The van der Waals surface area contributed by atoms with Gasteiger partial charge in [0, 0.05) is 11.1 Å². The summed E-state index contributed by atoms with van der Waals surface area (Å²) in [4.78, 5) is 23.7. The van der Waals surface area contributed by atoms with Gasteiger partial charge in [-0.1, -0.05) is 5.10 Å². The Kier molecular flexibility index (Phi) is 5.54. The minimum Gasteiger partial charge on any atom is -0.493 e. The quantitative estimate of drug-likeness (QED) is 0.647. The van der Waals surface area contributed by atoms with Gasteiger partial charge in [-0.2, -0.15) is 0 Å². The monoisotopic (exact) mass is 383 g/mol. The first kappa shape index (κ1) is 18.9. The molecule has 0 radical (unpaired) electrons. The van der Waals surface area contributed by atoms with Crippen molar-refractivity contribution >= 4 is 17.9 Å². The molecule has 0 spiro atoms. The summed E-state index contributed by atoms with van der Waals surface area (Å²) in [7, 11) is 4.34. The largest absolute Gasteiger partial charge is 0.493 e. The van der Waals surface area contributed by atoms with E-state index in [1.807, 2.05) is 0 Å². The van der Waals surface area contributed by atoms with E-state index in [4.69, 9.17) is 13.9 Å². The third-order valence-electron chi connectivity index (χ3n) is 3.84. The van der Waals surface area contributed by atoms with Gasteiger partial charge in [0.2, 0.25) is 5.89 Å². The number of benzene rings is 2. The number of carbonyl (C=O) groups excluding carboxylic acids is 2. The second kappa shape index (κ2) is 8.21. The van der Waals surface area contributed by atoms with Crippen LogP contribution in [0.3, 0.4) is 0 Å². The first-order valence-electron chi connectivity index (χ1n) is 8.11. The van der Waals surface area contributed by atoms with Crippen LogP contribution in [0.25, 0.3) is 11.5 Å². The number of aromatic nitrogens is 2. The zero-order chi connectivity index (χ0) is 20.1. The van der Waals surface area contributed by atoms with Crippen LogP contribution in [0.1, 0.15) is 20.7 Å². The van der Waals surface area contributed by atoms with Crippen LogP contribution in [0.15, 0.2) is 46.9 Å². The first-order valence-corrected chi connectivity index (χ1v) is 8.11. The van der Waals surface area contributed by atoms with E-state index >= 15 is 0 Å². The van der Waals surface area contributed by atoms with Crippen LogP contribution in [0.5, 0.6) is 11.5 Å². The van der Waals surface area contributed by atoms with Gasteiger partial charge in [0.05, 0.1) is 26.9 Å². The molecule has 0 aliphatic rings. The molecule has 0 saturated heterocycles. The summed E-state index contributed by atoms with van der Waals surface area (Å²) in [5, 5.41) is 10.3. The summed E-state index contributed by atoms with van der Waals surface area (Å²) in [5.41, 5.74) is 1.26. The van der Waals surface area contributed by atoms with Crippen molar-refractivity contribution in [3.8, 4) is 23.0 Å². The Morgan fingerprint density at radius 1 is 0.893 bits per heavy atom. The highest BCUT2D eigenvalue weighted by atomic mass is 16.5. The van der Waals surface area contributed by atoms with Crippen LogP contribution in [0, 0.1) is 0 Å². The van der Waals surface area contributed by atoms with E-state index in [9.17, 15) is 9.59 Å². The number of hydrogen-bond acceptors (Lipinski definition) is 8. The predicted octanol–water partition coefficient (Wildman–Crippen LogP) is 2.79. The topological polar surface area (TPSA) is 113 Å². The second-order valence-electron chi connectivity index (χ2n) is 5.51. The zero-order valence-electron chi connectivity index (χ0n) is 15.4. The van der Waals surface area contributed by atoms with Gasteiger partial charge in [0.1, 0.15) is 0 Å². The van der Waals surface area contributed by atoms with Crippen molar-refractivity contribution in [1.82, 2.24) is 10.2 Å². The Bertz CT molecular complexity index is 997. The molecule has 1 aromatic heterocycles. The SMILES string of the molecule is COC(=O)c1ccc(C(=O)Nc2nnc(-c3ccc(OC)c(OC)c3)o2)cc1. The van der Waals surface area contributed by atoms with Crippen LogP contribution in [-0.4, -0.2) is 43.4 Å².